The van der Waals surface area contributed by atoms with E-state index in [0.29, 0.717) is 0 Å². The van der Waals surface area contributed by atoms with Gasteiger partial charge < -0.3 is 0 Å². The third kappa shape index (κ3) is 1.69. The Hall–Kier alpha value is -0.630. The molecule has 0 spiro atoms. The van der Waals surface area contributed by atoms with Crippen molar-refractivity contribution in [3.05, 3.63) is 34.9 Å². The van der Waals surface area contributed by atoms with Crippen LogP contribution >= 0.6 is 15.9 Å². The molecule has 0 amide bonds. The number of halogens is 1. The van der Waals surface area contributed by atoms with Crippen molar-refractivity contribution in [1.29, 1.82) is 0 Å². The Morgan fingerprint density at radius 3 is 2.82 bits per heavy atom. The van der Waals surface area contributed by atoms with Crippen LogP contribution in [0.1, 0.15) is 21.5 Å². The second-order valence-electron chi connectivity index (χ2n) is 2.38. The summed E-state index contributed by atoms with van der Waals surface area (Å²) in [6.45, 7) is 1.96. The van der Waals surface area contributed by atoms with Crippen molar-refractivity contribution in [2.75, 3.05) is 0 Å². The average molecular weight is 213 g/mol. The van der Waals surface area contributed by atoms with E-state index in [4.69, 9.17) is 0 Å². The van der Waals surface area contributed by atoms with Crippen LogP contribution in [-0.4, -0.2) is 6.29 Å². The molecular formula is C9H9BrO. The summed E-state index contributed by atoms with van der Waals surface area (Å²) >= 11 is 3.36. The first-order chi connectivity index (χ1) is 5.29. The number of carbonyl (C=O) groups is 1. The van der Waals surface area contributed by atoms with Gasteiger partial charge in [0.1, 0.15) is 6.29 Å². The second kappa shape index (κ2) is 3.67. The van der Waals surface area contributed by atoms with Crippen LogP contribution in [0.15, 0.2) is 18.2 Å². The minimum absolute atomic E-state index is 0.780. The SMILES string of the molecule is Cc1c(C=O)cccc1CBr. The summed E-state index contributed by atoms with van der Waals surface area (Å²) in [4.78, 5) is 10.5. The van der Waals surface area contributed by atoms with E-state index in [1.165, 1.54) is 5.56 Å². The summed E-state index contributed by atoms with van der Waals surface area (Å²) in [6.07, 6.45) is 0.890. The molecule has 0 unspecified atom stereocenters. The summed E-state index contributed by atoms with van der Waals surface area (Å²) in [6, 6.07) is 5.74. The van der Waals surface area contributed by atoms with Gasteiger partial charge in [0.05, 0.1) is 0 Å². The topological polar surface area (TPSA) is 17.1 Å². The van der Waals surface area contributed by atoms with Gasteiger partial charge in [0.2, 0.25) is 0 Å². The minimum atomic E-state index is 0.780. The molecule has 58 valence electrons. The van der Waals surface area contributed by atoms with Crippen LogP contribution in [0, 0.1) is 6.92 Å². The third-order valence-corrected chi connectivity index (χ3v) is 2.36. The van der Waals surface area contributed by atoms with Crippen molar-refractivity contribution in [3.63, 3.8) is 0 Å². The summed E-state index contributed by atoms with van der Waals surface area (Å²) in [7, 11) is 0. The van der Waals surface area contributed by atoms with Crippen molar-refractivity contribution < 1.29 is 4.79 Å². The number of hydrogen-bond acceptors (Lipinski definition) is 1. The molecule has 1 aromatic carbocycles. The zero-order chi connectivity index (χ0) is 8.27. The molecule has 0 N–H and O–H groups in total. The fraction of sp³-hybridized carbons (Fsp3) is 0.222. The van der Waals surface area contributed by atoms with Gasteiger partial charge in [0.15, 0.2) is 0 Å². The average Bonchev–Trinajstić information content (AvgIpc) is 2.05. The predicted octanol–water partition coefficient (Wildman–Crippen LogP) is 2.70. The Morgan fingerprint density at radius 1 is 1.55 bits per heavy atom. The second-order valence-corrected chi connectivity index (χ2v) is 2.94. The first kappa shape index (κ1) is 8.47. The summed E-state index contributed by atoms with van der Waals surface area (Å²) in [5.41, 5.74) is 3.02. The highest BCUT2D eigenvalue weighted by molar-refractivity contribution is 9.08. The maximum Gasteiger partial charge on any atom is 0.150 e. The van der Waals surface area contributed by atoms with E-state index in [9.17, 15) is 4.79 Å². The zero-order valence-corrected chi connectivity index (χ0v) is 7.89. The molecule has 0 radical (unpaired) electrons. The quantitative estimate of drug-likeness (QED) is 0.545. The Kier molecular flexibility index (Phi) is 2.83. The standard InChI is InChI=1S/C9H9BrO/c1-7-8(5-10)3-2-4-9(7)6-11/h2-4,6H,5H2,1H3. The van der Waals surface area contributed by atoms with Gasteiger partial charge in [-0.3, -0.25) is 4.79 Å². The van der Waals surface area contributed by atoms with Crippen LogP contribution in [0.3, 0.4) is 0 Å². The maximum atomic E-state index is 10.5. The maximum absolute atomic E-state index is 10.5. The van der Waals surface area contributed by atoms with E-state index in [0.717, 1.165) is 22.7 Å². The lowest BCUT2D eigenvalue weighted by molar-refractivity contribution is 0.112. The molecule has 1 aromatic rings. The number of hydrogen-bond donors (Lipinski definition) is 0. The fourth-order valence-corrected chi connectivity index (χ4v) is 1.58. The Balaban J connectivity index is 3.20. The van der Waals surface area contributed by atoms with Crippen LogP contribution in [0.5, 0.6) is 0 Å². The number of benzene rings is 1. The summed E-state index contributed by atoms with van der Waals surface area (Å²) in [5.74, 6) is 0. The van der Waals surface area contributed by atoms with Crippen molar-refractivity contribution in [3.8, 4) is 0 Å². The third-order valence-electron chi connectivity index (χ3n) is 1.76. The Labute approximate surface area is 74.6 Å². The summed E-state index contributed by atoms with van der Waals surface area (Å²) < 4.78 is 0. The van der Waals surface area contributed by atoms with Gasteiger partial charge in [-0.05, 0) is 18.1 Å². The first-order valence-electron chi connectivity index (χ1n) is 3.39. The van der Waals surface area contributed by atoms with E-state index in [-0.39, 0.29) is 0 Å². The normalized spacial score (nSPS) is 9.64. The van der Waals surface area contributed by atoms with Gasteiger partial charge in [-0.2, -0.15) is 0 Å². The van der Waals surface area contributed by atoms with Crippen LogP contribution in [0.25, 0.3) is 0 Å². The van der Waals surface area contributed by atoms with E-state index >= 15 is 0 Å². The van der Waals surface area contributed by atoms with Crippen LogP contribution in [0.4, 0.5) is 0 Å². The van der Waals surface area contributed by atoms with E-state index in [1.54, 1.807) is 0 Å². The molecule has 0 heterocycles. The first-order valence-corrected chi connectivity index (χ1v) is 4.51. The Morgan fingerprint density at radius 2 is 2.27 bits per heavy atom. The van der Waals surface area contributed by atoms with E-state index in [2.05, 4.69) is 15.9 Å². The lowest BCUT2D eigenvalue weighted by Crippen LogP contribution is -1.90. The Bertz CT molecular complexity index is 268. The van der Waals surface area contributed by atoms with Crippen molar-refractivity contribution in [1.82, 2.24) is 0 Å². The molecule has 0 saturated carbocycles. The van der Waals surface area contributed by atoms with Gasteiger partial charge in [0.25, 0.3) is 0 Å². The summed E-state index contributed by atoms with van der Waals surface area (Å²) in [5, 5.41) is 0.806. The van der Waals surface area contributed by atoms with Crippen LogP contribution in [0.2, 0.25) is 0 Å². The molecule has 0 aliphatic rings. The van der Waals surface area contributed by atoms with Crippen LogP contribution < -0.4 is 0 Å². The zero-order valence-electron chi connectivity index (χ0n) is 6.30. The molecule has 0 saturated heterocycles. The lowest BCUT2D eigenvalue weighted by atomic mass is 10.1. The molecule has 0 atom stereocenters. The van der Waals surface area contributed by atoms with Crippen molar-refractivity contribution in [2.24, 2.45) is 0 Å². The number of aldehydes is 1. The predicted molar refractivity (Wildman–Crippen MR) is 49.2 cm³/mol. The number of alkyl halides is 1. The van der Waals surface area contributed by atoms with Gasteiger partial charge in [0, 0.05) is 10.9 Å². The minimum Gasteiger partial charge on any atom is -0.298 e. The van der Waals surface area contributed by atoms with Gasteiger partial charge in [-0.25, -0.2) is 0 Å². The molecule has 0 aromatic heterocycles. The highest BCUT2D eigenvalue weighted by Gasteiger charge is 1.99. The van der Waals surface area contributed by atoms with E-state index < -0.39 is 0 Å². The molecular weight excluding hydrogens is 204 g/mol. The molecule has 2 heteroatoms. The molecule has 0 bridgehead atoms. The fourth-order valence-electron chi connectivity index (χ4n) is 0.976. The lowest BCUT2D eigenvalue weighted by Gasteiger charge is -2.02. The highest BCUT2D eigenvalue weighted by Crippen LogP contribution is 2.14. The van der Waals surface area contributed by atoms with Crippen LogP contribution in [-0.2, 0) is 5.33 Å². The van der Waals surface area contributed by atoms with Crippen molar-refractivity contribution in [2.45, 2.75) is 12.3 Å². The molecule has 1 rings (SSSR count). The molecule has 0 aliphatic heterocycles. The van der Waals surface area contributed by atoms with Gasteiger partial charge >= 0.3 is 0 Å². The van der Waals surface area contributed by atoms with Gasteiger partial charge in [-0.1, -0.05) is 34.1 Å². The highest BCUT2D eigenvalue weighted by atomic mass is 79.9. The monoisotopic (exact) mass is 212 g/mol. The number of rotatable bonds is 2. The van der Waals surface area contributed by atoms with Gasteiger partial charge in [-0.15, -0.1) is 0 Å². The molecule has 11 heavy (non-hydrogen) atoms. The smallest absolute Gasteiger partial charge is 0.150 e. The molecule has 1 nitrogen and oxygen atoms in total. The van der Waals surface area contributed by atoms with E-state index in [1.807, 2.05) is 25.1 Å². The molecule has 0 fully saturated rings. The largest absolute Gasteiger partial charge is 0.298 e. The molecule has 0 aliphatic carbocycles. The van der Waals surface area contributed by atoms with Crippen molar-refractivity contribution >= 4 is 22.2 Å². The number of carbonyl (C=O) groups excluding carboxylic acids is 1.